The Morgan fingerprint density at radius 1 is 1.50 bits per heavy atom. The molecule has 0 atom stereocenters. The molecule has 0 radical (unpaired) electrons. The number of benzene rings is 1. The minimum atomic E-state index is -0.347. The van der Waals surface area contributed by atoms with Crippen molar-refractivity contribution in [2.75, 3.05) is 22.8 Å². The number of anilines is 2. The summed E-state index contributed by atoms with van der Waals surface area (Å²) >= 11 is 4.71. The lowest BCUT2D eigenvalue weighted by Crippen LogP contribution is -2.07. The summed E-state index contributed by atoms with van der Waals surface area (Å²) in [7, 11) is 0. The van der Waals surface area contributed by atoms with Crippen LogP contribution >= 0.6 is 27.9 Å². The monoisotopic (exact) mass is 331 g/mol. The highest BCUT2D eigenvalue weighted by atomic mass is 79.9. The molecule has 2 rings (SSSR count). The molecule has 0 amide bonds. The molecule has 2 N–H and O–H groups in total. The average Bonchev–Trinajstić information content (AvgIpc) is 3.09. The van der Waals surface area contributed by atoms with E-state index in [4.69, 9.17) is 0 Å². The van der Waals surface area contributed by atoms with Crippen molar-refractivity contribution in [3.63, 3.8) is 0 Å². The number of rotatable bonds is 6. The third kappa shape index (κ3) is 3.29. The highest BCUT2D eigenvalue weighted by Gasteiger charge is 2.25. The van der Waals surface area contributed by atoms with Gasteiger partial charge in [0.05, 0.1) is 4.92 Å². The topological polar surface area (TPSA) is 67.2 Å². The second kappa shape index (κ2) is 5.79. The number of nitro groups is 1. The Kier molecular flexibility index (Phi) is 4.34. The Morgan fingerprint density at radius 2 is 2.17 bits per heavy atom. The number of nitro benzene ring substituents is 1. The highest BCUT2D eigenvalue weighted by molar-refractivity contribution is 9.10. The van der Waals surface area contributed by atoms with Crippen LogP contribution in [0.4, 0.5) is 17.1 Å². The summed E-state index contributed by atoms with van der Waals surface area (Å²) in [6.07, 6.45) is 4.26. The lowest BCUT2D eigenvalue weighted by molar-refractivity contribution is -0.383. The van der Waals surface area contributed by atoms with Crippen LogP contribution in [-0.4, -0.2) is 17.7 Å². The smallest absolute Gasteiger partial charge is 0.316 e. The van der Waals surface area contributed by atoms with Crippen LogP contribution < -0.4 is 10.0 Å². The maximum absolute atomic E-state index is 11.2. The molecule has 0 spiro atoms. The average molecular weight is 332 g/mol. The molecule has 18 heavy (non-hydrogen) atoms. The Balaban J connectivity index is 2.30. The number of halogens is 1. The van der Waals surface area contributed by atoms with E-state index in [1.165, 1.54) is 24.8 Å². The summed E-state index contributed by atoms with van der Waals surface area (Å²) in [6, 6.07) is 3.48. The number of nitrogens with one attached hydrogen (secondary N) is 2. The van der Waals surface area contributed by atoms with Crippen molar-refractivity contribution in [1.82, 2.24) is 0 Å². The van der Waals surface area contributed by atoms with Crippen LogP contribution in [0.3, 0.4) is 0 Å². The van der Waals surface area contributed by atoms with Gasteiger partial charge in [-0.3, -0.25) is 10.1 Å². The summed E-state index contributed by atoms with van der Waals surface area (Å²) in [5.74, 6) is 0.667. The van der Waals surface area contributed by atoms with Crippen molar-refractivity contribution in [2.45, 2.75) is 12.8 Å². The van der Waals surface area contributed by atoms with E-state index in [2.05, 4.69) is 26.0 Å². The van der Waals surface area contributed by atoms with Crippen LogP contribution in [0.5, 0.6) is 0 Å². The summed E-state index contributed by atoms with van der Waals surface area (Å²) in [5, 5.41) is 14.4. The summed E-state index contributed by atoms with van der Waals surface area (Å²) < 4.78 is 3.77. The molecule has 0 heterocycles. The predicted molar refractivity (Wildman–Crippen MR) is 79.1 cm³/mol. The van der Waals surface area contributed by atoms with Gasteiger partial charge >= 0.3 is 5.69 Å². The normalized spacial score (nSPS) is 14.3. The molecule has 0 aliphatic heterocycles. The number of nitrogens with zero attached hydrogens (tertiary/aromatic N) is 1. The molecule has 1 aromatic carbocycles. The van der Waals surface area contributed by atoms with Gasteiger partial charge in [0, 0.05) is 17.3 Å². The fourth-order valence-corrected chi connectivity index (χ4v) is 2.53. The molecule has 0 aromatic heterocycles. The van der Waals surface area contributed by atoms with Crippen LogP contribution in [0.15, 0.2) is 16.6 Å². The van der Waals surface area contributed by atoms with Gasteiger partial charge in [0.15, 0.2) is 0 Å². The zero-order chi connectivity index (χ0) is 13.1. The van der Waals surface area contributed by atoms with E-state index in [1.807, 2.05) is 6.26 Å². The third-order valence-corrected chi connectivity index (χ3v) is 3.63. The van der Waals surface area contributed by atoms with E-state index in [9.17, 15) is 10.1 Å². The van der Waals surface area contributed by atoms with Gasteiger partial charge < -0.3 is 10.0 Å². The largest absolute Gasteiger partial charge is 0.379 e. The molecule has 1 aromatic rings. The standard InChI is InChI=1S/C11H14BrN3O2S/c1-18-14-10-5-8(12)4-9(11(10)15(16)17)13-6-7-2-3-7/h4-5,7,13-14H,2-3,6H2,1H3. The molecule has 0 bridgehead atoms. The summed E-state index contributed by atoms with van der Waals surface area (Å²) in [4.78, 5) is 10.8. The Hall–Kier alpha value is -0.950. The maximum atomic E-state index is 11.2. The van der Waals surface area contributed by atoms with Crippen molar-refractivity contribution in [3.05, 3.63) is 26.7 Å². The van der Waals surface area contributed by atoms with Crippen molar-refractivity contribution >= 4 is 44.9 Å². The molecule has 1 aliphatic carbocycles. The first-order valence-corrected chi connectivity index (χ1v) is 7.64. The fraction of sp³-hybridized carbons (Fsp3) is 0.455. The van der Waals surface area contributed by atoms with Crippen LogP contribution in [0.1, 0.15) is 12.8 Å². The van der Waals surface area contributed by atoms with Crippen LogP contribution in [0.2, 0.25) is 0 Å². The molecular weight excluding hydrogens is 318 g/mol. The number of hydrogen-bond donors (Lipinski definition) is 2. The molecule has 0 saturated heterocycles. The molecule has 5 nitrogen and oxygen atoms in total. The van der Waals surface area contributed by atoms with Gasteiger partial charge in [0.25, 0.3) is 0 Å². The van der Waals surface area contributed by atoms with Crippen molar-refractivity contribution in [1.29, 1.82) is 0 Å². The first-order chi connectivity index (χ1) is 8.61. The van der Waals surface area contributed by atoms with Gasteiger partial charge in [0.2, 0.25) is 0 Å². The van der Waals surface area contributed by atoms with Gasteiger partial charge in [-0.25, -0.2) is 0 Å². The van der Waals surface area contributed by atoms with Crippen molar-refractivity contribution in [3.8, 4) is 0 Å². The van der Waals surface area contributed by atoms with Gasteiger partial charge in [-0.2, -0.15) is 0 Å². The zero-order valence-corrected chi connectivity index (χ0v) is 12.3. The highest BCUT2D eigenvalue weighted by Crippen LogP contribution is 2.38. The molecule has 1 aliphatic rings. The predicted octanol–water partition coefficient (Wildman–Crippen LogP) is 3.87. The van der Waals surface area contributed by atoms with E-state index < -0.39 is 0 Å². The molecular formula is C11H14BrN3O2S. The third-order valence-electron chi connectivity index (χ3n) is 2.75. The van der Waals surface area contributed by atoms with Crippen LogP contribution in [0.25, 0.3) is 0 Å². The van der Waals surface area contributed by atoms with Crippen molar-refractivity contribution < 1.29 is 4.92 Å². The fourth-order valence-electron chi connectivity index (χ4n) is 1.69. The maximum Gasteiger partial charge on any atom is 0.316 e. The van der Waals surface area contributed by atoms with Gasteiger partial charge in [-0.1, -0.05) is 27.9 Å². The minimum absolute atomic E-state index is 0.105. The molecule has 1 saturated carbocycles. The second-order valence-corrected chi connectivity index (χ2v) is 5.77. The summed E-state index contributed by atoms with van der Waals surface area (Å²) in [6.45, 7) is 0.802. The van der Waals surface area contributed by atoms with E-state index in [0.717, 1.165) is 11.0 Å². The quantitative estimate of drug-likeness (QED) is 0.470. The first kappa shape index (κ1) is 13.5. The molecule has 1 fully saturated rings. The zero-order valence-electron chi connectivity index (χ0n) is 9.90. The molecule has 98 valence electrons. The van der Waals surface area contributed by atoms with Gasteiger partial charge in [-0.15, -0.1) is 0 Å². The van der Waals surface area contributed by atoms with E-state index in [0.29, 0.717) is 17.3 Å². The first-order valence-electron chi connectivity index (χ1n) is 5.62. The lowest BCUT2D eigenvalue weighted by Gasteiger charge is -2.11. The molecule has 7 heteroatoms. The number of hydrogen-bond acceptors (Lipinski definition) is 5. The second-order valence-electron chi connectivity index (χ2n) is 4.24. The van der Waals surface area contributed by atoms with Gasteiger partial charge in [-0.05, 0) is 30.9 Å². The minimum Gasteiger partial charge on any atom is -0.379 e. The van der Waals surface area contributed by atoms with Gasteiger partial charge in [0.1, 0.15) is 11.4 Å². The van der Waals surface area contributed by atoms with Crippen LogP contribution in [0, 0.1) is 16.0 Å². The van der Waals surface area contributed by atoms with E-state index in [1.54, 1.807) is 12.1 Å². The molecule has 0 unspecified atom stereocenters. The van der Waals surface area contributed by atoms with E-state index >= 15 is 0 Å². The Labute approximate surface area is 118 Å². The summed E-state index contributed by atoms with van der Waals surface area (Å²) in [5.41, 5.74) is 1.19. The van der Waals surface area contributed by atoms with Crippen LogP contribution in [-0.2, 0) is 0 Å². The SMILES string of the molecule is CSNc1cc(Br)cc(NCC2CC2)c1[N+](=O)[O-]. The van der Waals surface area contributed by atoms with Crippen molar-refractivity contribution in [2.24, 2.45) is 5.92 Å². The Morgan fingerprint density at radius 3 is 2.72 bits per heavy atom. The Bertz CT molecular complexity index is 466. The lowest BCUT2D eigenvalue weighted by atomic mass is 10.2. The van der Waals surface area contributed by atoms with E-state index in [-0.39, 0.29) is 10.6 Å².